The van der Waals surface area contributed by atoms with Crippen LogP contribution in [0.1, 0.15) is 0 Å². The summed E-state index contributed by atoms with van der Waals surface area (Å²) in [5.74, 6) is 4.39. The fourth-order valence-corrected chi connectivity index (χ4v) is 16.3. The highest BCUT2D eigenvalue weighted by Crippen LogP contribution is 2.77. The van der Waals surface area contributed by atoms with Crippen LogP contribution in [0, 0.1) is 0 Å². The summed E-state index contributed by atoms with van der Waals surface area (Å²) in [6.45, 7) is 35.1. The van der Waals surface area contributed by atoms with E-state index >= 15 is 0 Å². The van der Waals surface area contributed by atoms with E-state index in [1.807, 2.05) is 0 Å². The van der Waals surface area contributed by atoms with Gasteiger partial charge in [-0.1, -0.05) is 54.7 Å². The van der Waals surface area contributed by atoms with Gasteiger partial charge in [-0.05, 0) is 0 Å². The molecule has 0 aromatic rings. The zero-order chi connectivity index (χ0) is 26.8. The van der Waals surface area contributed by atoms with E-state index in [0.717, 1.165) is 0 Å². The highest BCUT2D eigenvalue weighted by Gasteiger charge is 2.45. The smallest absolute Gasteiger partial charge is 0.235 e. The summed E-state index contributed by atoms with van der Waals surface area (Å²) in [7, 11) is -10.3. The molecule has 0 saturated heterocycles. The molecule has 0 aromatic carbocycles. The fourth-order valence-electron chi connectivity index (χ4n) is 3.44. The molecule has 0 aliphatic rings. The number of hydrogen-bond acceptors (Lipinski definition) is 4. The van der Waals surface area contributed by atoms with Crippen molar-refractivity contribution >= 4 is 38.7 Å². The van der Waals surface area contributed by atoms with E-state index in [0.29, 0.717) is 51.8 Å². The Labute approximate surface area is 220 Å². The Kier molecular flexibility index (Phi) is 16.7. The van der Waals surface area contributed by atoms with E-state index in [1.54, 1.807) is 54.7 Å². The summed E-state index contributed by atoms with van der Waals surface area (Å²) in [6, 6.07) is 0. The van der Waals surface area contributed by atoms with Crippen molar-refractivity contribution in [2.45, 2.75) is 0 Å². The lowest BCUT2D eigenvalue weighted by molar-refractivity contribution is 0.336. The molecule has 0 rings (SSSR count). The van der Waals surface area contributed by atoms with Crippen molar-refractivity contribution in [2.24, 2.45) is 0 Å². The van der Waals surface area contributed by atoms with Gasteiger partial charge in [0.15, 0.2) is 0 Å². The van der Waals surface area contributed by atoms with Crippen molar-refractivity contribution in [2.75, 3.05) is 51.8 Å². The molecule has 0 aliphatic heterocycles. The Morgan fingerprint density at radius 3 is 0.657 bits per heavy atom. The largest absolute Gasteiger partial charge is 0.503 e. The first kappa shape index (κ1) is 33.8. The molecule has 0 bridgehead atoms. The van der Waals surface area contributed by atoms with Crippen molar-refractivity contribution in [1.82, 2.24) is 0 Å². The van der Waals surface area contributed by atoms with Gasteiger partial charge in [0.2, 0.25) is 0 Å². The van der Waals surface area contributed by atoms with Gasteiger partial charge < -0.3 is 0 Å². The van der Waals surface area contributed by atoms with E-state index in [-0.39, 0.29) is 0 Å². The lowest BCUT2D eigenvalue weighted by Gasteiger charge is -2.47. The molecule has 8 heteroatoms. The van der Waals surface area contributed by atoms with Crippen LogP contribution in [-0.2, 0) is 16.5 Å². The summed E-state index contributed by atoms with van der Waals surface area (Å²) in [6.07, 6.45) is 15.9. The van der Waals surface area contributed by atoms with E-state index in [2.05, 4.69) is 59.2 Å². The van der Waals surface area contributed by atoms with Crippen molar-refractivity contribution in [3.05, 3.63) is 114 Å². The van der Waals surface area contributed by atoms with Gasteiger partial charge >= 0.3 is 7.82 Å². The molecular formula is C27H45O4PS3. The van der Waals surface area contributed by atoms with Crippen molar-refractivity contribution in [3.63, 3.8) is 0 Å². The normalized spacial score (nSPS) is 13.6. The standard InChI is InChI=1S/C27H45O4PS3/c1-10-19-33(20-11-2,21-12-3)29-32(28,30-34(22-13-4,23-14-5)24-15-6)31-35(25-16-7,26-17-8)27-18-9/h10-18H,1-9,19-27H2. The highest BCUT2D eigenvalue weighted by molar-refractivity contribution is 8.35. The molecule has 0 heterocycles. The average molecular weight is 561 g/mol. The second-order valence-corrected chi connectivity index (χ2v) is 19.1. The zero-order valence-electron chi connectivity index (χ0n) is 21.2. The molecule has 0 radical (unpaired) electrons. The van der Waals surface area contributed by atoms with Crippen LogP contribution in [-0.4, -0.2) is 51.8 Å². The van der Waals surface area contributed by atoms with Gasteiger partial charge in [-0.25, -0.2) is 16.5 Å². The van der Waals surface area contributed by atoms with Gasteiger partial charge in [0, 0.05) is 51.8 Å². The van der Waals surface area contributed by atoms with Crippen LogP contribution in [0.15, 0.2) is 114 Å². The van der Waals surface area contributed by atoms with E-state index in [9.17, 15) is 4.57 Å². The molecule has 0 aromatic heterocycles. The number of rotatable bonds is 24. The lowest BCUT2D eigenvalue weighted by Crippen LogP contribution is -2.21. The number of hydrogen-bond donors (Lipinski definition) is 0. The maximum absolute atomic E-state index is 14.8. The predicted molar refractivity (Wildman–Crippen MR) is 169 cm³/mol. The summed E-state index contributed by atoms with van der Waals surface area (Å²) >= 11 is 0. The fraction of sp³-hybridized carbons (Fsp3) is 0.333. The van der Waals surface area contributed by atoms with Gasteiger partial charge in [-0.2, -0.15) is 0 Å². The van der Waals surface area contributed by atoms with Crippen LogP contribution in [0.3, 0.4) is 0 Å². The maximum atomic E-state index is 14.8. The first-order valence-corrected chi connectivity index (χ1v) is 18.8. The zero-order valence-corrected chi connectivity index (χ0v) is 24.6. The van der Waals surface area contributed by atoms with Gasteiger partial charge in [-0.3, -0.25) is 0 Å². The monoisotopic (exact) mass is 560 g/mol. The Morgan fingerprint density at radius 2 is 0.543 bits per heavy atom. The minimum Gasteiger partial charge on any atom is -0.235 e. The van der Waals surface area contributed by atoms with Crippen LogP contribution < -0.4 is 0 Å². The molecule has 0 unspecified atom stereocenters. The topological polar surface area (TPSA) is 44.8 Å². The second kappa shape index (κ2) is 17.3. The Balaban J connectivity index is 7.00. The van der Waals surface area contributed by atoms with E-state index in [4.69, 9.17) is 11.9 Å². The molecule has 4 nitrogen and oxygen atoms in total. The van der Waals surface area contributed by atoms with Crippen molar-refractivity contribution < 1.29 is 16.5 Å². The van der Waals surface area contributed by atoms with Crippen LogP contribution in [0.25, 0.3) is 0 Å². The Bertz CT molecular complexity index is 637. The van der Waals surface area contributed by atoms with Crippen LogP contribution >= 0.6 is 38.7 Å². The SMILES string of the molecule is C=CCS(CC=C)(CC=C)OP(=O)(OS(CC=C)(CC=C)CC=C)OS(CC=C)(CC=C)CC=C. The molecule has 0 fully saturated rings. The second-order valence-electron chi connectivity index (χ2n) is 7.67. The molecule has 200 valence electrons. The van der Waals surface area contributed by atoms with Gasteiger partial charge in [-0.15, -0.1) is 90.1 Å². The molecule has 0 aliphatic carbocycles. The van der Waals surface area contributed by atoms with E-state index < -0.39 is 38.7 Å². The molecular weight excluding hydrogens is 515 g/mol. The van der Waals surface area contributed by atoms with Gasteiger partial charge in [0.1, 0.15) is 0 Å². The van der Waals surface area contributed by atoms with Crippen LogP contribution in [0.4, 0.5) is 0 Å². The first-order valence-electron chi connectivity index (χ1n) is 11.2. The minimum atomic E-state index is -4.17. The average Bonchev–Trinajstić information content (AvgIpc) is 2.75. The first-order chi connectivity index (χ1) is 16.7. The van der Waals surface area contributed by atoms with E-state index in [1.165, 1.54) is 0 Å². The van der Waals surface area contributed by atoms with Crippen molar-refractivity contribution in [1.29, 1.82) is 0 Å². The summed E-state index contributed by atoms with van der Waals surface area (Å²) < 4.78 is 34.5. The third-order valence-corrected chi connectivity index (χ3v) is 18.1. The van der Waals surface area contributed by atoms with Gasteiger partial charge in [0.05, 0.1) is 0 Å². The molecule has 0 atom stereocenters. The highest BCUT2D eigenvalue weighted by atomic mass is 32.3. The maximum Gasteiger partial charge on any atom is 0.503 e. The van der Waals surface area contributed by atoms with Crippen molar-refractivity contribution in [3.8, 4) is 0 Å². The third kappa shape index (κ3) is 11.2. The minimum absolute atomic E-state index is 0.487. The Morgan fingerprint density at radius 1 is 0.400 bits per heavy atom. The lowest BCUT2D eigenvalue weighted by atomic mass is 10.7. The summed E-state index contributed by atoms with van der Waals surface area (Å²) in [4.78, 5) is 0. The number of phosphoric acid groups is 1. The quantitative estimate of drug-likeness (QED) is 0.0873. The molecule has 0 spiro atoms. The molecule has 0 amide bonds. The third-order valence-electron chi connectivity index (χ3n) is 4.54. The molecule has 0 N–H and O–H groups in total. The van der Waals surface area contributed by atoms with Gasteiger partial charge in [0.25, 0.3) is 0 Å². The summed E-state index contributed by atoms with van der Waals surface area (Å²) in [5.41, 5.74) is 0. The van der Waals surface area contributed by atoms with Crippen LogP contribution in [0.2, 0.25) is 0 Å². The predicted octanol–water partition coefficient (Wildman–Crippen LogP) is 8.98. The summed E-state index contributed by atoms with van der Waals surface area (Å²) in [5, 5.41) is 0. The molecule has 0 saturated carbocycles. The molecule has 35 heavy (non-hydrogen) atoms. The Hall–Kier alpha value is -1.18. The van der Waals surface area contributed by atoms with Crippen LogP contribution in [0.5, 0.6) is 0 Å².